The highest BCUT2D eigenvalue weighted by Crippen LogP contribution is 2.40. The lowest BCUT2D eigenvalue weighted by Crippen LogP contribution is -2.48. The Kier molecular flexibility index (Phi) is 5.99. The first-order chi connectivity index (χ1) is 12.8. The fraction of sp³-hybridized carbons (Fsp3) is 0.650. The van der Waals surface area contributed by atoms with E-state index in [0.717, 1.165) is 56.6 Å². The van der Waals surface area contributed by atoms with Crippen molar-refractivity contribution >= 4 is 11.6 Å². The van der Waals surface area contributed by atoms with Crippen LogP contribution in [0.25, 0.3) is 0 Å². The van der Waals surface area contributed by atoms with Crippen LogP contribution in [0.5, 0.6) is 0 Å². The first-order valence-electron chi connectivity index (χ1n) is 9.73. The topological polar surface area (TPSA) is 44.4 Å². The van der Waals surface area contributed by atoms with Crippen molar-refractivity contribution in [1.29, 1.82) is 0 Å². The van der Waals surface area contributed by atoms with Crippen LogP contribution in [0.1, 0.15) is 38.2 Å². The molecule has 1 aromatic carbocycles. The molecule has 1 aliphatic heterocycles. The molecule has 7 heteroatoms. The zero-order valence-corrected chi connectivity index (χ0v) is 15.9. The molecule has 4 atom stereocenters. The second-order valence-corrected chi connectivity index (χ2v) is 7.70. The number of alkyl halides is 3. The number of hydrogen-bond acceptors (Lipinski definition) is 3. The first-order valence-corrected chi connectivity index (χ1v) is 9.73. The van der Waals surface area contributed by atoms with Gasteiger partial charge in [-0.2, -0.15) is 13.2 Å². The number of likely N-dealkylation sites (N-methyl/N-ethyl adjacent to an activating group) is 1. The van der Waals surface area contributed by atoms with Gasteiger partial charge >= 0.3 is 6.18 Å². The Morgan fingerprint density at radius 3 is 2.52 bits per heavy atom. The van der Waals surface area contributed by atoms with E-state index in [9.17, 15) is 18.0 Å². The molecule has 1 amide bonds. The van der Waals surface area contributed by atoms with Gasteiger partial charge < -0.3 is 15.5 Å². The predicted molar refractivity (Wildman–Crippen MR) is 99.6 cm³/mol. The summed E-state index contributed by atoms with van der Waals surface area (Å²) in [7, 11) is 1.80. The maximum Gasteiger partial charge on any atom is 0.416 e. The monoisotopic (exact) mass is 383 g/mol. The van der Waals surface area contributed by atoms with E-state index in [-0.39, 0.29) is 18.0 Å². The molecule has 2 N–H and O–H groups in total. The van der Waals surface area contributed by atoms with Crippen molar-refractivity contribution in [1.82, 2.24) is 10.6 Å². The van der Waals surface area contributed by atoms with Gasteiger partial charge in [0, 0.05) is 30.7 Å². The molecule has 0 unspecified atom stereocenters. The minimum absolute atomic E-state index is 0.0537. The molecule has 27 heavy (non-hydrogen) atoms. The summed E-state index contributed by atoms with van der Waals surface area (Å²) >= 11 is 0. The zero-order chi connectivity index (χ0) is 19.6. The first kappa shape index (κ1) is 20.0. The fourth-order valence-corrected chi connectivity index (χ4v) is 4.50. The Hall–Kier alpha value is -1.76. The van der Waals surface area contributed by atoms with Gasteiger partial charge in [-0.15, -0.1) is 0 Å². The number of anilines is 1. The molecule has 1 heterocycles. The van der Waals surface area contributed by atoms with Crippen LogP contribution >= 0.6 is 0 Å². The van der Waals surface area contributed by atoms with Gasteiger partial charge in [0.05, 0.1) is 11.6 Å². The minimum atomic E-state index is -4.31. The molecule has 0 radical (unpaired) electrons. The Bertz CT molecular complexity index is 647. The maximum atomic E-state index is 12.7. The summed E-state index contributed by atoms with van der Waals surface area (Å²) in [4.78, 5) is 14.6. The van der Waals surface area contributed by atoms with Crippen LogP contribution in [0, 0.1) is 11.8 Å². The number of nitrogens with zero attached hydrogens (tertiary/aromatic N) is 1. The molecule has 4 nitrogen and oxygen atoms in total. The van der Waals surface area contributed by atoms with Crippen LogP contribution in [0.4, 0.5) is 18.9 Å². The van der Waals surface area contributed by atoms with Gasteiger partial charge in [-0.05, 0) is 56.5 Å². The van der Waals surface area contributed by atoms with Crippen LogP contribution < -0.4 is 15.5 Å². The Balaban J connectivity index is 1.62. The van der Waals surface area contributed by atoms with Gasteiger partial charge in [-0.3, -0.25) is 4.79 Å². The summed E-state index contributed by atoms with van der Waals surface area (Å²) < 4.78 is 38.2. The SMILES string of the molecule is CCC[C@H](NC)C(=O)N[C@H]1CC[C@@H]2CN(c3ccc(C(F)(F)F)cc3)C[C@@H]21. The number of halogens is 3. The van der Waals surface area contributed by atoms with Crippen LogP contribution in [0.2, 0.25) is 0 Å². The third-order valence-electron chi connectivity index (χ3n) is 5.99. The highest BCUT2D eigenvalue weighted by Gasteiger charge is 2.43. The van der Waals surface area contributed by atoms with E-state index < -0.39 is 11.7 Å². The molecule has 1 saturated carbocycles. The van der Waals surface area contributed by atoms with Gasteiger partial charge in [0.25, 0.3) is 0 Å². The van der Waals surface area contributed by atoms with Gasteiger partial charge in [0.15, 0.2) is 0 Å². The number of rotatable bonds is 6. The van der Waals surface area contributed by atoms with Gasteiger partial charge in [-0.1, -0.05) is 13.3 Å². The number of hydrogen-bond donors (Lipinski definition) is 2. The van der Waals surface area contributed by atoms with Crippen LogP contribution in [0.15, 0.2) is 24.3 Å². The lowest BCUT2D eigenvalue weighted by molar-refractivity contribution is -0.137. The molecule has 3 rings (SSSR count). The van der Waals surface area contributed by atoms with E-state index in [2.05, 4.69) is 22.5 Å². The van der Waals surface area contributed by atoms with Crippen molar-refractivity contribution < 1.29 is 18.0 Å². The largest absolute Gasteiger partial charge is 0.416 e. The van der Waals surface area contributed by atoms with E-state index in [0.29, 0.717) is 11.8 Å². The molecule has 2 aliphatic rings. The summed E-state index contributed by atoms with van der Waals surface area (Å²) in [6, 6.07) is 5.37. The second kappa shape index (κ2) is 8.09. The highest BCUT2D eigenvalue weighted by molar-refractivity contribution is 5.82. The third-order valence-corrected chi connectivity index (χ3v) is 5.99. The smallest absolute Gasteiger partial charge is 0.371 e. The molecule has 0 bridgehead atoms. The van der Waals surface area contributed by atoms with E-state index >= 15 is 0 Å². The highest BCUT2D eigenvalue weighted by atomic mass is 19.4. The molecular weight excluding hydrogens is 355 g/mol. The number of amides is 1. The molecule has 2 fully saturated rings. The third kappa shape index (κ3) is 4.39. The van der Waals surface area contributed by atoms with Crippen molar-refractivity contribution in [3.63, 3.8) is 0 Å². The summed E-state index contributed by atoms with van der Waals surface area (Å²) in [6.07, 6.45) is -0.537. The Morgan fingerprint density at radius 2 is 1.93 bits per heavy atom. The zero-order valence-electron chi connectivity index (χ0n) is 15.9. The number of nitrogens with one attached hydrogen (secondary N) is 2. The molecule has 1 aromatic rings. The average molecular weight is 383 g/mol. The van der Waals surface area contributed by atoms with Crippen molar-refractivity contribution in [2.75, 3.05) is 25.0 Å². The molecule has 0 aromatic heterocycles. The van der Waals surface area contributed by atoms with Crippen LogP contribution in [-0.4, -0.2) is 38.1 Å². The number of benzene rings is 1. The van der Waals surface area contributed by atoms with Crippen molar-refractivity contribution in [2.24, 2.45) is 11.8 Å². The average Bonchev–Trinajstić information content (AvgIpc) is 3.21. The molecular formula is C20H28F3N3O. The minimum Gasteiger partial charge on any atom is -0.371 e. The van der Waals surface area contributed by atoms with Crippen LogP contribution in [-0.2, 0) is 11.0 Å². The van der Waals surface area contributed by atoms with E-state index in [1.54, 1.807) is 19.2 Å². The fourth-order valence-electron chi connectivity index (χ4n) is 4.50. The van der Waals surface area contributed by atoms with E-state index in [4.69, 9.17) is 0 Å². The maximum absolute atomic E-state index is 12.7. The van der Waals surface area contributed by atoms with E-state index in [1.807, 2.05) is 0 Å². The molecule has 150 valence electrons. The summed E-state index contributed by atoms with van der Waals surface area (Å²) in [5.41, 5.74) is 0.200. The lowest BCUT2D eigenvalue weighted by atomic mass is 9.97. The normalized spacial score (nSPS) is 26.1. The van der Waals surface area contributed by atoms with Crippen LogP contribution in [0.3, 0.4) is 0 Å². The summed E-state index contributed by atoms with van der Waals surface area (Å²) in [5, 5.41) is 6.28. The van der Waals surface area contributed by atoms with Gasteiger partial charge in [0.2, 0.25) is 5.91 Å². The standard InChI is InChI=1S/C20H28F3N3O/c1-3-4-18(24-2)19(27)25-17-10-5-13-11-26(12-16(13)17)15-8-6-14(7-9-15)20(21,22)23/h6-9,13,16-18,24H,3-5,10-12H2,1-2H3,(H,25,27)/t13-,16+,17+,18+/m1/s1. The van der Waals surface area contributed by atoms with Gasteiger partial charge in [0.1, 0.15) is 0 Å². The number of fused-ring (bicyclic) bond motifs is 1. The molecule has 0 spiro atoms. The molecule has 1 aliphatic carbocycles. The van der Waals surface area contributed by atoms with Crippen molar-refractivity contribution in [3.05, 3.63) is 29.8 Å². The second-order valence-electron chi connectivity index (χ2n) is 7.70. The predicted octanol–water partition coefficient (Wildman–Crippen LogP) is 3.42. The Morgan fingerprint density at radius 1 is 1.22 bits per heavy atom. The number of carbonyl (C=O) groups excluding carboxylic acids is 1. The van der Waals surface area contributed by atoms with E-state index in [1.165, 1.54) is 0 Å². The Labute approximate surface area is 158 Å². The summed E-state index contributed by atoms with van der Waals surface area (Å²) in [5.74, 6) is 0.894. The molecule has 1 saturated heterocycles. The number of carbonyl (C=O) groups is 1. The van der Waals surface area contributed by atoms with Gasteiger partial charge in [-0.25, -0.2) is 0 Å². The summed E-state index contributed by atoms with van der Waals surface area (Å²) in [6.45, 7) is 3.67. The van der Waals surface area contributed by atoms with Crippen molar-refractivity contribution in [2.45, 2.75) is 50.9 Å². The lowest BCUT2D eigenvalue weighted by Gasteiger charge is -2.25. The quantitative estimate of drug-likeness (QED) is 0.791. The van der Waals surface area contributed by atoms with Crippen molar-refractivity contribution in [3.8, 4) is 0 Å².